The fourth-order valence-corrected chi connectivity index (χ4v) is 5.80. The fourth-order valence-electron chi connectivity index (χ4n) is 3.58. The Morgan fingerprint density at radius 1 is 1.16 bits per heavy atom. The number of sulfonamides is 1. The molecule has 3 rings (SSSR count). The summed E-state index contributed by atoms with van der Waals surface area (Å²) in [6.45, 7) is 1.99. The lowest BCUT2D eigenvalue weighted by Gasteiger charge is -2.35. The maximum Gasteiger partial charge on any atom is 0.218 e. The number of aromatic hydroxyl groups is 1. The number of phenols is 1. The van der Waals surface area contributed by atoms with E-state index in [1.807, 2.05) is 0 Å². The molecule has 1 aromatic rings. The third-order valence-corrected chi connectivity index (χ3v) is 8.18. The summed E-state index contributed by atoms with van der Waals surface area (Å²) in [6, 6.07) is 2.78. The van der Waals surface area contributed by atoms with Crippen LogP contribution in [0.1, 0.15) is 30.9 Å². The van der Waals surface area contributed by atoms with Crippen LogP contribution in [0.2, 0.25) is 10.0 Å². The van der Waals surface area contributed by atoms with Crippen molar-refractivity contribution in [2.24, 2.45) is 5.92 Å². The Hall–Kier alpha value is -0.570. The Kier molecular flexibility index (Phi) is 5.82. The highest BCUT2D eigenvalue weighted by atomic mass is 35.5. The first-order valence-corrected chi connectivity index (χ1v) is 10.6. The Bertz CT molecular complexity index is 730. The number of hydrogen-bond donors (Lipinski definition) is 3. The molecule has 0 aliphatic carbocycles. The average molecular weight is 409 g/mol. The summed E-state index contributed by atoms with van der Waals surface area (Å²) in [7, 11) is -3.29. The number of benzene rings is 1. The summed E-state index contributed by atoms with van der Waals surface area (Å²) >= 11 is 11.8. The first-order valence-electron chi connectivity index (χ1n) is 8.36. The second kappa shape index (κ2) is 7.58. The molecule has 2 aliphatic heterocycles. The molecule has 0 radical (unpaired) electrons. The second-order valence-corrected chi connectivity index (χ2v) is 9.69. The molecular formula is C16H22Cl2N2O4S. The number of halogens is 2. The van der Waals surface area contributed by atoms with Gasteiger partial charge in [0, 0.05) is 31.3 Å². The van der Waals surface area contributed by atoms with E-state index in [0.717, 1.165) is 6.54 Å². The summed E-state index contributed by atoms with van der Waals surface area (Å²) in [5.41, 5.74) is 0.329. The highest BCUT2D eigenvalue weighted by Gasteiger charge is 2.37. The van der Waals surface area contributed by atoms with Crippen molar-refractivity contribution < 1.29 is 18.6 Å². The van der Waals surface area contributed by atoms with Gasteiger partial charge in [0.05, 0.1) is 21.4 Å². The van der Waals surface area contributed by atoms with Crippen molar-refractivity contribution in [3.05, 3.63) is 27.7 Å². The van der Waals surface area contributed by atoms with E-state index in [0.29, 0.717) is 44.5 Å². The molecule has 2 atom stereocenters. The molecule has 0 amide bonds. The second-order valence-electron chi connectivity index (χ2n) is 6.67. The monoisotopic (exact) mass is 408 g/mol. The minimum atomic E-state index is -3.29. The molecule has 0 aromatic heterocycles. The highest BCUT2D eigenvalue weighted by molar-refractivity contribution is 7.89. The lowest BCUT2D eigenvalue weighted by Crippen LogP contribution is -2.44. The maximum absolute atomic E-state index is 12.6. The van der Waals surface area contributed by atoms with Gasteiger partial charge in [-0.05, 0) is 37.8 Å². The van der Waals surface area contributed by atoms with E-state index < -0.39 is 16.1 Å². The molecule has 25 heavy (non-hydrogen) atoms. The SMILES string of the molecule is O=S(=O)([C@H]1CCNC1)N1CCC([C@H](O)c2cc(Cl)c(Cl)cc2O)CC1. The van der Waals surface area contributed by atoms with Crippen LogP contribution in [-0.4, -0.2) is 54.4 Å². The minimum Gasteiger partial charge on any atom is -0.508 e. The Morgan fingerprint density at radius 2 is 1.80 bits per heavy atom. The van der Waals surface area contributed by atoms with Crippen LogP contribution in [0.4, 0.5) is 0 Å². The van der Waals surface area contributed by atoms with Crippen LogP contribution in [0.5, 0.6) is 5.75 Å². The molecule has 9 heteroatoms. The van der Waals surface area contributed by atoms with Gasteiger partial charge in [-0.15, -0.1) is 0 Å². The summed E-state index contributed by atoms with van der Waals surface area (Å²) < 4.78 is 26.8. The number of hydrogen-bond acceptors (Lipinski definition) is 5. The van der Waals surface area contributed by atoms with Crippen LogP contribution >= 0.6 is 23.2 Å². The van der Waals surface area contributed by atoms with Crippen LogP contribution in [0.3, 0.4) is 0 Å². The number of piperidine rings is 1. The molecule has 2 saturated heterocycles. The molecule has 6 nitrogen and oxygen atoms in total. The van der Waals surface area contributed by atoms with Gasteiger partial charge in [-0.25, -0.2) is 12.7 Å². The van der Waals surface area contributed by atoms with Gasteiger partial charge in [-0.1, -0.05) is 23.2 Å². The molecule has 3 N–H and O–H groups in total. The van der Waals surface area contributed by atoms with Crippen LogP contribution in [0.15, 0.2) is 12.1 Å². The van der Waals surface area contributed by atoms with Crippen LogP contribution in [0, 0.1) is 5.92 Å². The summed E-state index contributed by atoms with van der Waals surface area (Å²) in [6.07, 6.45) is 0.787. The van der Waals surface area contributed by atoms with E-state index in [4.69, 9.17) is 23.2 Å². The summed E-state index contributed by atoms with van der Waals surface area (Å²) in [5.74, 6) is -0.245. The number of nitrogens with one attached hydrogen (secondary N) is 1. The predicted molar refractivity (Wildman–Crippen MR) is 97.6 cm³/mol. The molecule has 1 aromatic carbocycles. The van der Waals surface area contributed by atoms with Gasteiger partial charge in [0.1, 0.15) is 5.75 Å². The predicted octanol–water partition coefficient (Wildman–Crippen LogP) is 2.14. The smallest absolute Gasteiger partial charge is 0.218 e. The van der Waals surface area contributed by atoms with Crippen molar-refractivity contribution in [3.8, 4) is 5.75 Å². The van der Waals surface area contributed by atoms with Crippen molar-refractivity contribution in [3.63, 3.8) is 0 Å². The quantitative estimate of drug-likeness (QED) is 0.709. The molecule has 0 spiro atoms. The van der Waals surface area contributed by atoms with E-state index in [1.54, 1.807) is 0 Å². The largest absolute Gasteiger partial charge is 0.508 e. The van der Waals surface area contributed by atoms with Crippen molar-refractivity contribution in [2.45, 2.75) is 30.6 Å². The number of aliphatic hydroxyl groups is 1. The van der Waals surface area contributed by atoms with Crippen LogP contribution < -0.4 is 5.32 Å². The van der Waals surface area contributed by atoms with Crippen molar-refractivity contribution in [1.29, 1.82) is 0 Å². The standard InChI is InChI=1S/C16H22Cl2N2O4S/c17-13-7-12(15(21)8-14(13)18)16(22)10-2-5-20(6-3-10)25(23,24)11-1-4-19-9-11/h7-8,10-11,16,19,21-22H,1-6,9H2/t11-,16-/m0/s1. The molecule has 0 unspecified atom stereocenters. The number of rotatable bonds is 4. The van der Waals surface area contributed by atoms with Crippen LogP contribution in [-0.2, 0) is 10.0 Å². The molecule has 2 fully saturated rings. The van der Waals surface area contributed by atoms with E-state index in [2.05, 4.69) is 5.32 Å². The fraction of sp³-hybridized carbons (Fsp3) is 0.625. The van der Waals surface area contributed by atoms with Gasteiger partial charge in [-0.2, -0.15) is 0 Å². The topological polar surface area (TPSA) is 89.9 Å². The zero-order valence-corrected chi connectivity index (χ0v) is 16.0. The highest BCUT2D eigenvalue weighted by Crippen LogP contribution is 2.39. The van der Waals surface area contributed by atoms with Gasteiger partial charge >= 0.3 is 0 Å². The number of nitrogens with zero attached hydrogens (tertiary/aromatic N) is 1. The molecule has 2 heterocycles. The van der Waals surface area contributed by atoms with Crippen molar-refractivity contribution in [2.75, 3.05) is 26.2 Å². The van der Waals surface area contributed by atoms with Gasteiger partial charge in [0.15, 0.2) is 0 Å². The maximum atomic E-state index is 12.6. The van der Waals surface area contributed by atoms with Crippen molar-refractivity contribution in [1.82, 2.24) is 9.62 Å². The third-order valence-electron chi connectivity index (χ3n) is 5.13. The minimum absolute atomic E-state index is 0.103. The van der Waals surface area contributed by atoms with E-state index in [9.17, 15) is 18.6 Å². The summed E-state index contributed by atoms with van der Waals surface area (Å²) in [4.78, 5) is 0. The molecule has 2 aliphatic rings. The molecule has 140 valence electrons. The Labute approximate surface area is 157 Å². The molecular weight excluding hydrogens is 387 g/mol. The summed E-state index contributed by atoms with van der Waals surface area (Å²) in [5, 5.41) is 23.8. The van der Waals surface area contributed by atoms with Gasteiger partial charge < -0.3 is 15.5 Å². The lowest BCUT2D eigenvalue weighted by molar-refractivity contribution is 0.0739. The normalized spacial score (nSPS) is 24.5. The zero-order valence-electron chi connectivity index (χ0n) is 13.7. The Morgan fingerprint density at radius 3 is 2.40 bits per heavy atom. The number of phenolic OH excluding ortho intramolecular Hbond substituents is 1. The van der Waals surface area contributed by atoms with E-state index >= 15 is 0 Å². The van der Waals surface area contributed by atoms with E-state index in [-0.39, 0.29) is 27.0 Å². The first kappa shape index (κ1) is 19.2. The van der Waals surface area contributed by atoms with Gasteiger partial charge in [0.2, 0.25) is 10.0 Å². The van der Waals surface area contributed by atoms with Gasteiger partial charge in [-0.3, -0.25) is 0 Å². The van der Waals surface area contributed by atoms with Crippen LogP contribution in [0.25, 0.3) is 0 Å². The first-order chi connectivity index (χ1) is 11.8. The molecule has 0 bridgehead atoms. The van der Waals surface area contributed by atoms with Crippen molar-refractivity contribution >= 4 is 33.2 Å². The number of aliphatic hydroxyl groups excluding tert-OH is 1. The third kappa shape index (κ3) is 3.91. The van der Waals surface area contributed by atoms with Gasteiger partial charge in [0.25, 0.3) is 0 Å². The molecule has 0 saturated carbocycles. The van der Waals surface area contributed by atoms with E-state index in [1.165, 1.54) is 16.4 Å². The lowest BCUT2D eigenvalue weighted by atomic mass is 9.88. The zero-order chi connectivity index (χ0) is 18.2. The Balaban J connectivity index is 1.67. The average Bonchev–Trinajstić information content (AvgIpc) is 3.13.